The first kappa shape index (κ1) is 20.3. The number of fused-ring (bicyclic) bond motifs is 3. The summed E-state index contributed by atoms with van der Waals surface area (Å²) < 4.78 is 16.7. The zero-order valence-corrected chi connectivity index (χ0v) is 18.6. The molecule has 1 atom stereocenters. The van der Waals surface area contributed by atoms with Crippen molar-refractivity contribution in [2.45, 2.75) is 19.6 Å². The molecule has 1 aliphatic rings. The fourth-order valence-electron chi connectivity index (χ4n) is 4.71. The molecular weight excluding hydrogens is 406 g/mol. The maximum Gasteiger partial charge on any atom is 0.331 e. The molecule has 4 aromatic rings. The molecule has 0 radical (unpaired) electrons. The van der Waals surface area contributed by atoms with Crippen LogP contribution >= 0.6 is 0 Å². The van der Waals surface area contributed by atoms with E-state index in [0.717, 1.165) is 28.1 Å². The largest absolute Gasteiger partial charge is 0.496 e. The molecule has 2 aromatic carbocycles. The van der Waals surface area contributed by atoms with Crippen LogP contribution in [0.5, 0.6) is 5.75 Å². The van der Waals surface area contributed by atoms with Crippen molar-refractivity contribution in [1.29, 1.82) is 0 Å². The maximum absolute atomic E-state index is 13.4. The number of ether oxygens (including phenoxy) is 2. The summed E-state index contributed by atoms with van der Waals surface area (Å²) in [7, 11) is 4.85. The number of hydrogen-bond donors (Lipinski definition) is 0. The molecule has 0 amide bonds. The van der Waals surface area contributed by atoms with E-state index in [2.05, 4.69) is 4.57 Å². The summed E-state index contributed by atoms with van der Waals surface area (Å²) in [5.74, 6) is 0.700. The number of aromatic nitrogens is 3. The molecular formula is C25H25N3O4. The second-order valence-corrected chi connectivity index (χ2v) is 8.17. The third-order valence-corrected chi connectivity index (χ3v) is 6.30. The van der Waals surface area contributed by atoms with Gasteiger partial charge < -0.3 is 14.0 Å². The van der Waals surface area contributed by atoms with Gasteiger partial charge in [0.2, 0.25) is 0 Å². The molecule has 1 aliphatic heterocycles. The predicted octanol–water partition coefficient (Wildman–Crippen LogP) is 3.14. The van der Waals surface area contributed by atoms with Crippen LogP contribution in [0, 0.1) is 6.92 Å². The summed E-state index contributed by atoms with van der Waals surface area (Å²) in [5.41, 5.74) is 4.47. The fourth-order valence-corrected chi connectivity index (χ4v) is 4.71. The zero-order valence-electron chi connectivity index (χ0n) is 18.6. The highest BCUT2D eigenvalue weighted by Crippen LogP contribution is 2.42. The van der Waals surface area contributed by atoms with Crippen molar-refractivity contribution in [3.8, 4) is 17.0 Å². The Balaban J connectivity index is 1.94. The first-order valence-corrected chi connectivity index (χ1v) is 10.6. The molecule has 7 heteroatoms. The highest BCUT2D eigenvalue weighted by molar-refractivity contribution is 5.96. The lowest BCUT2D eigenvalue weighted by Crippen LogP contribution is -2.37. The lowest BCUT2D eigenvalue weighted by Gasteiger charge is -2.28. The minimum absolute atomic E-state index is 0.306. The maximum atomic E-state index is 13.4. The summed E-state index contributed by atoms with van der Waals surface area (Å²) in [6, 6.07) is 15.8. The van der Waals surface area contributed by atoms with E-state index in [1.54, 1.807) is 18.7 Å². The number of para-hydroxylation sites is 1. The van der Waals surface area contributed by atoms with Crippen molar-refractivity contribution in [2.75, 3.05) is 13.7 Å². The van der Waals surface area contributed by atoms with Gasteiger partial charge in [0.15, 0.2) is 0 Å². The summed E-state index contributed by atoms with van der Waals surface area (Å²) >= 11 is 0. The van der Waals surface area contributed by atoms with Crippen LogP contribution in [0.3, 0.4) is 0 Å². The van der Waals surface area contributed by atoms with Gasteiger partial charge in [-0.15, -0.1) is 0 Å². The molecule has 0 fully saturated rings. The van der Waals surface area contributed by atoms with Crippen LogP contribution in [-0.4, -0.2) is 27.4 Å². The van der Waals surface area contributed by atoms with Gasteiger partial charge >= 0.3 is 5.69 Å². The van der Waals surface area contributed by atoms with Gasteiger partial charge in [0.05, 0.1) is 36.0 Å². The monoisotopic (exact) mass is 431 g/mol. The van der Waals surface area contributed by atoms with Crippen LogP contribution in [0.25, 0.3) is 22.2 Å². The fraction of sp³-hybridized carbons (Fsp3) is 0.280. The highest BCUT2D eigenvalue weighted by atomic mass is 16.5. The molecule has 0 spiro atoms. The average Bonchev–Trinajstić information content (AvgIpc) is 3.17. The highest BCUT2D eigenvalue weighted by Gasteiger charge is 2.34. The Bertz CT molecular complexity index is 1460. The molecule has 0 aliphatic carbocycles. The normalized spacial score (nSPS) is 15.7. The van der Waals surface area contributed by atoms with Gasteiger partial charge in [-0.2, -0.15) is 0 Å². The third kappa shape index (κ3) is 2.85. The molecule has 5 rings (SSSR count). The topological polar surface area (TPSA) is 67.4 Å². The second-order valence-electron chi connectivity index (χ2n) is 8.17. The Morgan fingerprint density at radius 1 is 1.00 bits per heavy atom. The Morgan fingerprint density at radius 3 is 2.44 bits per heavy atom. The third-order valence-electron chi connectivity index (χ3n) is 6.30. The standard InChI is InChI=1S/C25H25N3O4/c1-15-9-11-16(12-10-15)20-19-21(26(2)25(30)27(3)24(19)29)22-23(32-14-13-28(20)22)17-7-5-6-8-18(17)31-4/h5-12,23H,13-14H2,1-4H3/t23-/m0/s1. The van der Waals surface area contributed by atoms with Crippen molar-refractivity contribution in [1.82, 2.24) is 13.7 Å². The minimum atomic E-state index is -0.473. The molecule has 0 saturated heterocycles. The summed E-state index contributed by atoms with van der Waals surface area (Å²) in [6.45, 7) is 3.09. The van der Waals surface area contributed by atoms with E-state index >= 15 is 0 Å². The van der Waals surface area contributed by atoms with E-state index in [1.807, 2.05) is 55.5 Å². The summed E-state index contributed by atoms with van der Waals surface area (Å²) in [5, 5.41) is 0.527. The van der Waals surface area contributed by atoms with E-state index in [9.17, 15) is 9.59 Å². The zero-order chi connectivity index (χ0) is 22.6. The van der Waals surface area contributed by atoms with Crippen LogP contribution < -0.4 is 16.0 Å². The van der Waals surface area contributed by atoms with E-state index < -0.39 is 6.10 Å². The van der Waals surface area contributed by atoms with Crippen molar-refractivity contribution in [3.63, 3.8) is 0 Å². The van der Waals surface area contributed by atoms with Crippen molar-refractivity contribution < 1.29 is 9.47 Å². The SMILES string of the molecule is COc1ccccc1[C@@H]1OCCn2c(-c3ccc(C)cc3)c3c(=O)n(C)c(=O)n(C)c3c21. The predicted molar refractivity (Wildman–Crippen MR) is 123 cm³/mol. The smallest absolute Gasteiger partial charge is 0.331 e. The van der Waals surface area contributed by atoms with Gasteiger partial charge in [0.1, 0.15) is 11.9 Å². The average molecular weight is 431 g/mol. The number of nitrogens with zero attached hydrogens (tertiary/aromatic N) is 3. The first-order valence-electron chi connectivity index (χ1n) is 10.6. The molecule has 0 N–H and O–H groups in total. The van der Waals surface area contributed by atoms with Crippen LogP contribution in [-0.2, 0) is 25.4 Å². The van der Waals surface area contributed by atoms with E-state index in [1.165, 1.54) is 11.6 Å². The van der Waals surface area contributed by atoms with Crippen molar-refractivity contribution in [2.24, 2.45) is 14.1 Å². The van der Waals surface area contributed by atoms with E-state index in [-0.39, 0.29) is 11.2 Å². The number of aryl methyl sites for hydroxylation is 2. The molecule has 0 bridgehead atoms. The number of methoxy groups -OCH3 is 1. The molecule has 164 valence electrons. The molecule has 3 heterocycles. The van der Waals surface area contributed by atoms with Crippen LogP contribution in [0.15, 0.2) is 58.1 Å². The van der Waals surface area contributed by atoms with Gasteiger partial charge in [-0.25, -0.2) is 4.79 Å². The van der Waals surface area contributed by atoms with E-state index in [4.69, 9.17) is 9.47 Å². The van der Waals surface area contributed by atoms with Crippen molar-refractivity contribution in [3.05, 3.63) is 86.2 Å². The molecule has 0 unspecified atom stereocenters. The molecule has 7 nitrogen and oxygen atoms in total. The van der Waals surface area contributed by atoms with Gasteiger partial charge in [0, 0.05) is 26.2 Å². The summed E-state index contributed by atoms with van der Waals surface area (Å²) in [6.07, 6.45) is -0.473. The lowest BCUT2D eigenvalue weighted by atomic mass is 10.0. The first-order chi connectivity index (χ1) is 15.4. The Hall–Kier alpha value is -3.58. The Labute approximate surface area is 185 Å². The number of rotatable bonds is 3. The number of benzene rings is 2. The number of hydrogen-bond acceptors (Lipinski definition) is 4. The van der Waals surface area contributed by atoms with E-state index in [0.29, 0.717) is 29.8 Å². The van der Waals surface area contributed by atoms with Gasteiger partial charge in [-0.1, -0.05) is 48.0 Å². The quantitative estimate of drug-likeness (QED) is 0.500. The molecule has 32 heavy (non-hydrogen) atoms. The minimum Gasteiger partial charge on any atom is -0.496 e. The Kier molecular flexibility index (Phi) is 4.78. The molecule has 2 aromatic heterocycles. The van der Waals surface area contributed by atoms with Crippen molar-refractivity contribution >= 4 is 10.9 Å². The summed E-state index contributed by atoms with van der Waals surface area (Å²) in [4.78, 5) is 26.3. The van der Waals surface area contributed by atoms with Gasteiger partial charge in [-0.05, 0) is 18.6 Å². The van der Waals surface area contributed by atoms with Crippen LogP contribution in [0.4, 0.5) is 0 Å². The van der Waals surface area contributed by atoms with Gasteiger partial charge in [-0.3, -0.25) is 13.9 Å². The van der Waals surface area contributed by atoms with Gasteiger partial charge in [0.25, 0.3) is 5.56 Å². The lowest BCUT2D eigenvalue weighted by molar-refractivity contribution is 0.0464. The van der Waals surface area contributed by atoms with Crippen LogP contribution in [0.2, 0.25) is 0 Å². The second kappa shape index (κ2) is 7.53. The molecule has 0 saturated carbocycles. The van der Waals surface area contributed by atoms with Crippen LogP contribution in [0.1, 0.15) is 22.9 Å². The Morgan fingerprint density at radius 2 is 1.72 bits per heavy atom.